The minimum absolute atomic E-state index is 0.0250. The number of methoxy groups -OCH3 is 1. The Labute approximate surface area is 122 Å². The molecule has 0 bridgehead atoms. The van der Waals surface area contributed by atoms with Gasteiger partial charge < -0.3 is 9.84 Å². The standard InChI is InChI=1S/C17H16N2O2/c1-21-14-9-10-16-15(12-14)17(20)18-19(16)11-5-8-13-6-3-2-4-7-13/h2-10,12H,11H2,1H3,(H,18,20)/b8-5+. The Kier molecular flexibility index (Phi) is 3.60. The molecule has 4 heteroatoms. The lowest BCUT2D eigenvalue weighted by Crippen LogP contribution is -1.96. The van der Waals surface area contributed by atoms with E-state index in [9.17, 15) is 5.11 Å². The molecule has 3 aromatic rings. The number of hydrogen-bond acceptors (Lipinski definition) is 3. The van der Waals surface area contributed by atoms with Crippen LogP contribution in [0.2, 0.25) is 0 Å². The first-order chi connectivity index (χ1) is 10.3. The van der Waals surface area contributed by atoms with E-state index in [1.165, 1.54) is 0 Å². The summed E-state index contributed by atoms with van der Waals surface area (Å²) in [5, 5.41) is 14.8. The summed E-state index contributed by atoms with van der Waals surface area (Å²) in [5.74, 6) is 0.731. The van der Waals surface area contributed by atoms with Gasteiger partial charge in [-0.2, -0.15) is 0 Å². The largest absolute Gasteiger partial charge is 0.497 e. The van der Waals surface area contributed by atoms with Gasteiger partial charge >= 0.3 is 0 Å². The maximum Gasteiger partial charge on any atom is 0.238 e. The van der Waals surface area contributed by atoms with Crippen LogP contribution in [0.1, 0.15) is 5.56 Å². The van der Waals surface area contributed by atoms with Gasteiger partial charge in [0.2, 0.25) is 5.88 Å². The van der Waals surface area contributed by atoms with Crippen molar-refractivity contribution < 1.29 is 9.84 Å². The predicted molar refractivity (Wildman–Crippen MR) is 83.4 cm³/mol. The van der Waals surface area contributed by atoms with Crippen LogP contribution in [-0.4, -0.2) is 22.0 Å². The number of rotatable bonds is 4. The van der Waals surface area contributed by atoms with Gasteiger partial charge in [-0.3, -0.25) is 4.68 Å². The molecule has 1 heterocycles. The molecule has 0 amide bonds. The molecular weight excluding hydrogens is 264 g/mol. The Hall–Kier alpha value is -2.75. The maximum atomic E-state index is 9.92. The second-order valence-corrected chi connectivity index (χ2v) is 4.70. The number of ether oxygens (including phenoxy) is 1. The van der Waals surface area contributed by atoms with Crippen molar-refractivity contribution in [1.82, 2.24) is 9.78 Å². The average Bonchev–Trinajstić information content (AvgIpc) is 2.84. The first-order valence-electron chi connectivity index (χ1n) is 6.73. The third-order valence-electron chi connectivity index (χ3n) is 3.33. The molecule has 106 valence electrons. The van der Waals surface area contributed by atoms with Gasteiger partial charge in [-0.1, -0.05) is 42.5 Å². The van der Waals surface area contributed by atoms with Crippen LogP contribution in [-0.2, 0) is 6.54 Å². The number of allylic oxidation sites excluding steroid dienone is 1. The van der Waals surface area contributed by atoms with E-state index in [-0.39, 0.29) is 5.88 Å². The van der Waals surface area contributed by atoms with E-state index in [0.29, 0.717) is 17.7 Å². The predicted octanol–water partition coefficient (Wildman–Crippen LogP) is 3.46. The van der Waals surface area contributed by atoms with Crippen molar-refractivity contribution in [1.29, 1.82) is 0 Å². The Balaban J connectivity index is 1.86. The van der Waals surface area contributed by atoms with Crippen LogP contribution >= 0.6 is 0 Å². The van der Waals surface area contributed by atoms with Crippen LogP contribution in [0.25, 0.3) is 17.0 Å². The Bertz CT molecular complexity index is 776. The highest BCUT2D eigenvalue weighted by Gasteiger charge is 2.09. The van der Waals surface area contributed by atoms with Gasteiger partial charge in [-0.25, -0.2) is 0 Å². The van der Waals surface area contributed by atoms with Crippen LogP contribution < -0.4 is 4.74 Å². The molecule has 21 heavy (non-hydrogen) atoms. The normalized spacial score (nSPS) is 11.3. The third-order valence-corrected chi connectivity index (χ3v) is 3.33. The summed E-state index contributed by atoms with van der Waals surface area (Å²) in [7, 11) is 1.60. The molecule has 3 rings (SSSR count). The zero-order valence-electron chi connectivity index (χ0n) is 11.7. The molecule has 0 aliphatic carbocycles. The summed E-state index contributed by atoms with van der Waals surface area (Å²) in [6, 6.07) is 15.6. The first-order valence-corrected chi connectivity index (χ1v) is 6.73. The van der Waals surface area contributed by atoms with Gasteiger partial charge in [0.15, 0.2) is 0 Å². The monoisotopic (exact) mass is 280 g/mol. The third kappa shape index (κ3) is 2.74. The van der Waals surface area contributed by atoms with Crippen molar-refractivity contribution in [3.05, 3.63) is 60.2 Å². The summed E-state index contributed by atoms with van der Waals surface area (Å²) in [6.45, 7) is 0.596. The van der Waals surface area contributed by atoms with Crippen molar-refractivity contribution in [2.45, 2.75) is 6.54 Å². The average molecular weight is 280 g/mol. The molecule has 1 aromatic heterocycles. The van der Waals surface area contributed by atoms with Gasteiger partial charge in [0.25, 0.3) is 0 Å². The first kappa shape index (κ1) is 13.2. The Morgan fingerprint density at radius 3 is 2.76 bits per heavy atom. The molecule has 0 aliphatic rings. The zero-order chi connectivity index (χ0) is 14.7. The molecule has 0 saturated heterocycles. The summed E-state index contributed by atoms with van der Waals surface area (Å²) in [4.78, 5) is 0. The quantitative estimate of drug-likeness (QED) is 0.796. The fourth-order valence-electron chi connectivity index (χ4n) is 2.26. The van der Waals surface area contributed by atoms with Crippen molar-refractivity contribution >= 4 is 17.0 Å². The van der Waals surface area contributed by atoms with Gasteiger partial charge in [0.1, 0.15) is 5.75 Å². The lowest BCUT2D eigenvalue weighted by atomic mass is 10.2. The number of benzene rings is 2. The number of fused-ring (bicyclic) bond motifs is 1. The van der Waals surface area contributed by atoms with Crippen molar-refractivity contribution in [3.63, 3.8) is 0 Å². The lowest BCUT2D eigenvalue weighted by molar-refractivity contribution is 0.415. The molecule has 4 nitrogen and oxygen atoms in total. The van der Waals surface area contributed by atoms with Crippen molar-refractivity contribution in [3.8, 4) is 11.6 Å². The molecule has 1 N–H and O–H groups in total. The highest BCUT2D eigenvalue weighted by molar-refractivity contribution is 5.85. The van der Waals surface area contributed by atoms with Crippen molar-refractivity contribution in [2.75, 3.05) is 7.11 Å². The molecule has 0 spiro atoms. The van der Waals surface area contributed by atoms with Crippen LogP contribution in [0.3, 0.4) is 0 Å². The second kappa shape index (κ2) is 5.71. The molecule has 0 aliphatic heterocycles. The zero-order valence-corrected chi connectivity index (χ0v) is 11.7. The SMILES string of the molecule is COc1ccc2c(c1)c(O)nn2C/C=C/c1ccccc1. The second-order valence-electron chi connectivity index (χ2n) is 4.70. The molecule has 0 atom stereocenters. The van der Waals surface area contributed by atoms with Gasteiger partial charge in [0, 0.05) is 0 Å². The topological polar surface area (TPSA) is 47.3 Å². The molecule has 2 aromatic carbocycles. The number of nitrogens with zero attached hydrogens (tertiary/aromatic N) is 2. The van der Waals surface area contributed by atoms with Crippen molar-refractivity contribution in [2.24, 2.45) is 0 Å². The van der Waals surface area contributed by atoms with E-state index in [2.05, 4.69) is 5.10 Å². The van der Waals surface area contributed by atoms with Crippen LogP contribution in [0.5, 0.6) is 11.6 Å². The number of aromatic hydroxyl groups is 1. The maximum absolute atomic E-state index is 9.92. The van der Waals surface area contributed by atoms with E-state index in [0.717, 1.165) is 11.1 Å². The van der Waals surface area contributed by atoms with E-state index in [1.807, 2.05) is 54.6 Å². The fraction of sp³-hybridized carbons (Fsp3) is 0.118. The smallest absolute Gasteiger partial charge is 0.238 e. The molecule has 0 radical (unpaired) electrons. The van der Waals surface area contributed by atoms with Gasteiger partial charge in [-0.15, -0.1) is 5.10 Å². The van der Waals surface area contributed by atoms with E-state index in [4.69, 9.17) is 4.74 Å². The van der Waals surface area contributed by atoms with E-state index in [1.54, 1.807) is 17.9 Å². The minimum atomic E-state index is 0.0250. The van der Waals surface area contributed by atoms with Gasteiger partial charge in [-0.05, 0) is 23.8 Å². The lowest BCUT2D eigenvalue weighted by Gasteiger charge is -2.01. The van der Waals surface area contributed by atoms with Crippen LogP contribution in [0, 0.1) is 0 Å². The van der Waals surface area contributed by atoms with Crippen LogP contribution in [0.4, 0.5) is 0 Å². The molecule has 0 saturated carbocycles. The molecule has 0 fully saturated rings. The van der Waals surface area contributed by atoms with E-state index < -0.39 is 0 Å². The highest BCUT2D eigenvalue weighted by Crippen LogP contribution is 2.27. The Morgan fingerprint density at radius 1 is 1.19 bits per heavy atom. The number of aromatic nitrogens is 2. The minimum Gasteiger partial charge on any atom is -0.497 e. The summed E-state index contributed by atoms with van der Waals surface area (Å²) < 4.78 is 6.93. The fourth-order valence-corrected chi connectivity index (χ4v) is 2.26. The highest BCUT2D eigenvalue weighted by atomic mass is 16.5. The van der Waals surface area contributed by atoms with Gasteiger partial charge in [0.05, 0.1) is 24.6 Å². The van der Waals surface area contributed by atoms with E-state index >= 15 is 0 Å². The summed E-state index contributed by atoms with van der Waals surface area (Å²) in [5.41, 5.74) is 2.02. The Morgan fingerprint density at radius 2 is 2.00 bits per heavy atom. The number of hydrogen-bond donors (Lipinski definition) is 1. The molecule has 0 unspecified atom stereocenters. The summed E-state index contributed by atoms with van der Waals surface area (Å²) in [6.07, 6.45) is 4.06. The van der Waals surface area contributed by atoms with Crippen LogP contribution in [0.15, 0.2) is 54.6 Å². The summed E-state index contributed by atoms with van der Waals surface area (Å²) >= 11 is 0. The molecular formula is C17H16N2O2.